The fourth-order valence-electron chi connectivity index (χ4n) is 7.80. The largest absolute Gasteiger partial charge is 0.497 e. The van der Waals surface area contributed by atoms with Crippen LogP contribution in [0.15, 0.2) is 52.5 Å². The Balaban J connectivity index is 1.22. The molecular weight excluding hydrogens is 555 g/mol. The first-order valence-electron chi connectivity index (χ1n) is 16.3. The Hall–Kier alpha value is -3.46. The molecule has 3 aromatic rings. The Morgan fingerprint density at radius 1 is 1.11 bits per heavy atom. The van der Waals surface area contributed by atoms with E-state index >= 15 is 0 Å². The molecule has 4 aliphatic rings. The van der Waals surface area contributed by atoms with E-state index in [4.69, 9.17) is 9.73 Å². The van der Waals surface area contributed by atoms with Gasteiger partial charge in [0.05, 0.1) is 30.0 Å². The van der Waals surface area contributed by atoms with Crippen molar-refractivity contribution in [2.75, 3.05) is 39.8 Å². The normalized spacial score (nSPS) is 25.1. The van der Waals surface area contributed by atoms with E-state index in [1.807, 2.05) is 18.2 Å². The Labute approximate surface area is 260 Å². The number of piperazine rings is 1. The number of aryl methyl sites for hydroxylation is 2. The fraction of sp³-hybridized carbons (Fsp3) is 0.571. The summed E-state index contributed by atoms with van der Waals surface area (Å²) in [6, 6.07) is 10.8. The number of ether oxygens (including phenoxy) is 1. The van der Waals surface area contributed by atoms with Crippen molar-refractivity contribution in [2.45, 2.75) is 66.0 Å². The van der Waals surface area contributed by atoms with Gasteiger partial charge in [-0.15, -0.1) is 0 Å². The van der Waals surface area contributed by atoms with Crippen molar-refractivity contribution >= 4 is 22.5 Å². The average Bonchev–Trinajstić information content (AvgIpc) is 3.02. The van der Waals surface area contributed by atoms with Gasteiger partial charge in [-0.1, -0.05) is 33.8 Å². The molecule has 0 spiro atoms. The molecule has 0 radical (unpaired) electrons. The molecule has 1 N–H and O–H groups in total. The smallest absolute Gasteiger partial charge is 0.261 e. The fourth-order valence-corrected chi connectivity index (χ4v) is 7.80. The zero-order valence-electron chi connectivity index (χ0n) is 26.9. The molecule has 44 heavy (non-hydrogen) atoms. The number of aliphatic imine (C=N–C) groups is 1. The average molecular weight is 603 g/mol. The zero-order valence-corrected chi connectivity index (χ0v) is 26.9. The number of nitrogens with zero attached hydrogens (tertiary/aromatic N) is 5. The molecule has 9 heteroatoms. The van der Waals surface area contributed by atoms with Gasteiger partial charge >= 0.3 is 0 Å². The summed E-state index contributed by atoms with van der Waals surface area (Å²) in [5.74, 6) is 3.16. The maximum absolute atomic E-state index is 14.4. The highest BCUT2D eigenvalue weighted by Crippen LogP contribution is 2.61. The quantitative estimate of drug-likeness (QED) is 0.273. The third kappa shape index (κ3) is 5.95. The van der Waals surface area contributed by atoms with Gasteiger partial charge in [-0.05, 0) is 85.2 Å². The molecule has 3 aliphatic carbocycles. The standard InChI is InChI=1S/C35H47FN6O2/c1-6-12-40-14-16-41(17-15-40)34(39-31-19-25-18-29(23(31)2)35(25,3)4)38-26-8-10-28-32(20-26)37-22-42(33(28)43)13-11-24-7-9-27(44-5)21-30(24)36/h7-10,20-23,25,29,31H,6,11-19H2,1-5H3,(H,38,39)/t23-,25-,29-,31?/m1/s1. The van der Waals surface area contributed by atoms with E-state index in [1.165, 1.54) is 32.4 Å². The Kier molecular flexibility index (Phi) is 8.68. The van der Waals surface area contributed by atoms with Gasteiger partial charge in [0, 0.05) is 44.8 Å². The number of aromatic nitrogens is 2. The van der Waals surface area contributed by atoms with Crippen LogP contribution in [0.4, 0.5) is 10.1 Å². The molecule has 1 saturated heterocycles. The van der Waals surface area contributed by atoms with Crippen LogP contribution in [0.5, 0.6) is 5.75 Å². The monoisotopic (exact) mass is 602 g/mol. The van der Waals surface area contributed by atoms with Gasteiger partial charge in [-0.25, -0.2) is 14.4 Å². The van der Waals surface area contributed by atoms with Gasteiger partial charge < -0.3 is 15.0 Å². The summed E-state index contributed by atoms with van der Waals surface area (Å²) in [7, 11) is 1.51. The highest BCUT2D eigenvalue weighted by molar-refractivity contribution is 5.86. The van der Waals surface area contributed by atoms with Crippen LogP contribution in [0.25, 0.3) is 10.9 Å². The first-order chi connectivity index (χ1) is 21.2. The van der Waals surface area contributed by atoms with E-state index in [2.05, 4.69) is 47.8 Å². The minimum absolute atomic E-state index is 0.136. The third-order valence-electron chi connectivity index (χ3n) is 10.8. The lowest BCUT2D eigenvalue weighted by Gasteiger charge is -2.62. The highest BCUT2D eigenvalue weighted by atomic mass is 19.1. The van der Waals surface area contributed by atoms with Crippen molar-refractivity contribution in [2.24, 2.45) is 28.2 Å². The number of guanidine groups is 1. The topological polar surface area (TPSA) is 75.0 Å². The van der Waals surface area contributed by atoms with Gasteiger partial charge in [0.25, 0.3) is 5.56 Å². The lowest BCUT2D eigenvalue weighted by atomic mass is 9.45. The Morgan fingerprint density at radius 2 is 1.91 bits per heavy atom. The van der Waals surface area contributed by atoms with Crippen LogP contribution in [0, 0.1) is 29.0 Å². The predicted molar refractivity (Wildman–Crippen MR) is 174 cm³/mol. The van der Waals surface area contributed by atoms with E-state index in [-0.39, 0.29) is 11.4 Å². The van der Waals surface area contributed by atoms with Crippen molar-refractivity contribution in [3.8, 4) is 5.75 Å². The van der Waals surface area contributed by atoms with Crippen LogP contribution in [0.1, 0.15) is 52.5 Å². The van der Waals surface area contributed by atoms with Gasteiger partial charge in [0.15, 0.2) is 5.96 Å². The zero-order chi connectivity index (χ0) is 31.0. The molecule has 2 aromatic carbocycles. The van der Waals surface area contributed by atoms with Crippen LogP contribution >= 0.6 is 0 Å². The molecule has 236 valence electrons. The number of methoxy groups -OCH3 is 1. The van der Waals surface area contributed by atoms with E-state index < -0.39 is 0 Å². The predicted octanol–water partition coefficient (Wildman–Crippen LogP) is 5.46. The Morgan fingerprint density at radius 3 is 2.59 bits per heavy atom. The van der Waals surface area contributed by atoms with E-state index in [0.717, 1.165) is 56.2 Å². The molecule has 2 heterocycles. The van der Waals surface area contributed by atoms with Crippen LogP contribution in [0.3, 0.4) is 0 Å². The highest BCUT2D eigenvalue weighted by Gasteiger charge is 2.56. The van der Waals surface area contributed by atoms with Gasteiger partial charge in [0.2, 0.25) is 0 Å². The van der Waals surface area contributed by atoms with Crippen LogP contribution < -0.4 is 15.6 Å². The van der Waals surface area contributed by atoms with Crippen molar-refractivity contribution in [1.82, 2.24) is 24.7 Å². The van der Waals surface area contributed by atoms with E-state index in [0.29, 0.717) is 52.6 Å². The van der Waals surface area contributed by atoms with Gasteiger partial charge in [-0.2, -0.15) is 0 Å². The molecule has 2 bridgehead atoms. The molecular formula is C35H47FN6O2. The summed E-state index contributed by atoms with van der Waals surface area (Å²) in [6.45, 7) is 14.9. The second kappa shape index (κ2) is 12.5. The van der Waals surface area contributed by atoms with E-state index in [9.17, 15) is 9.18 Å². The molecule has 1 aromatic heterocycles. The summed E-state index contributed by atoms with van der Waals surface area (Å²) in [5, 5.41) is 4.45. The first kappa shape index (κ1) is 30.6. The second-order valence-electron chi connectivity index (χ2n) is 13.6. The van der Waals surface area contributed by atoms with Gasteiger partial charge in [-0.3, -0.25) is 14.3 Å². The van der Waals surface area contributed by atoms with Crippen LogP contribution in [0.2, 0.25) is 0 Å². The summed E-state index contributed by atoms with van der Waals surface area (Å²) >= 11 is 0. The number of nitrogens with one attached hydrogen (secondary N) is 1. The van der Waals surface area contributed by atoms with Crippen molar-refractivity contribution in [3.63, 3.8) is 0 Å². The summed E-state index contributed by atoms with van der Waals surface area (Å²) in [5.41, 5.74) is 2.23. The number of rotatable bonds is 8. The van der Waals surface area contributed by atoms with Crippen LogP contribution in [-0.2, 0) is 13.0 Å². The summed E-state index contributed by atoms with van der Waals surface area (Å²) in [6.07, 6.45) is 5.63. The summed E-state index contributed by atoms with van der Waals surface area (Å²) in [4.78, 5) is 28.1. The van der Waals surface area contributed by atoms with Gasteiger partial charge in [0.1, 0.15) is 11.6 Å². The molecule has 1 aliphatic heterocycles. The minimum atomic E-state index is -0.340. The van der Waals surface area contributed by atoms with Crippen molar-refractivity contribution in [1.29, 1.82) is 0 Å². The molecule has 4 atom stereocenters. The number of halogens is 1. The SMILES string of the molecule is CCCN1CCN(C(=Nc2ccc3c(=O)n(CCc4ccc(OC)cc4F)cnc3c2)NC2C[C@H]3C[C@H]([C@H]2C)C3(C)C)CC1. The Bertz CT molecular complexity index is 1580. The maximum Gasteiger partial charge on any atom is 0.261 e. The minimum Gasteiger partial charge on any atom is -0.497 e. The number of hydrogen-bond donors (Lipinski definition) is 1. The molecule has 4 fully saturated rings. The maximum atomic E-state index is 14.4. The van der Waals surface area contributed by atoms with Crippen molar-refractivity contribution < 1.29 is 9.13 Å². The number of hydrogen-bond acceptors (Lipinski definition) is 5. The molecule has 8 nitrogen and oxygen atoms in total. The molecule has 3 saturated carbocycles. The first-order valence-corrected chi connectivity index (χ1v) is 16.3. The lowest BCUT2D eigenvalue weighted by molar-refractivity contribution is -0.112. The molecule has 7 rings (SSSR count). The van der Waals surface area contributed by atoms with Crippen molar-refractivity contribution in [3.05, 3.63) is 64.5 Å². The number of fused-ring (bicyclic) bond motifs is 3. The third-order valence-corrected chi connectivity index (χ3v) is 10.8. The van der Waals surface area contributed by atoms with E-state index in [1.54, 1.807) is 23.0 Å². The second-order valence-corrected chi connectivity index (χ2v) is 13.6. The number of benzene rings is 2. The summed E-state index contributed by atoms with van der Waals surface area (Å²) < 4.78 is 21.1. The molecule has 0 amide bonds. The molecule has 1 unspecified atom stereocenters. The van der Waals surface area contributed by atoms with Crippen LogP contribution in [-0.4, -0.2) is 71.2 Å². The lowest BCUT2D eigenvalue weighted by Crippen LogP contribution is -2.62.